The Morgan fingerprint density at radius 2 is 1.71 bits per heavy atom. The maximum atomic E-state index is 12.3. The fourth-order valence-electron chi connectivity index (χ4n) is 2.61. The first-order valence-electron chi connectivity index (χ1n) is 8.86. The second-order valence-electron chi connectivity index (χ2n) is 5.87. The van der Waals surface area contributed by atoms with Crippen molar-refractivity contribution in [2.45, 2.75) is 6.92 Å². The van der Waals surface area contributed by atoms with Crippen LogP contribution >= 0.6 is 24.0 Å². The number of rotatable bonds is 8. The number of ether oxygens (including phenoxy) is 3. The van der Waals surface area contributed by atoms with Crippen LogP contribution in [0.1, 0.15) is 12.5 Å². The van der Waals surface area contributed by atoms with Gasteiger partial charge in [0.1, 0.15) is 34.8 Å². The van der Waals surface area contributed by atoms with E-state index in [-0.39, 0.29) is 5.91 Å². The van der Waals surface area contributed by atoms with E-state index < -0.39 is 0 Å². The molecule has 28 heavy (non-hydrogen) atoms. The average molecular weight is 416 g/mol. The van der Waals surface area contributed by atoms with E-state index in [1.165, 1.54) is 11.8 Å². The van der Waals surface area contributed by atoms with Crippen molar-refractivity contribution in [3.05, 3.63) is 59.0 Å². The molecule has 2 aromatic carbocycles. The van der Waals surface area contributed by atoms with Gasteiger partial charge in [0.2, 0.25) is 0 Å². The Labute approximate surface area is 174 Å². The van der Waals surface area contributed by atoms with Gasteiger partial charge in [-0.15, -0.1) is 0 Å². The third-order valence-electron chi connectivity index (χ3n) is 4.03. The molecule has 5 nitrogen and oxygen atoms in total. The Hall–Kier alpha value is -2.51. The predicted molar refractivity (Wildman–Crippen MR) is 116 cm³/mol. The SMILES string of the molecule is CCN1C(=O)/C(=C/c2cccc(OCCOc3ccc(OC)cc3)c2)SC1=S. The summed E-state index contributed by atoms with van der Waals surface area (Å²) >= 11 is 6.57. The number of amides is 1. The van der Waals surface area contributed by atoms with Gasteiger partial charge in [-0.25, -0.2) is 0 Å². The molecule has 2 aromatic rings. The summed E-state index contributed by atoms with van der Waals surface area (Å²) in [7, 11) is 1.63. The Balaban J connectivity index is 1.54. The van der Waals surface area contributed by atoms with Gasteiger partial charge in [-0.3, -0.25) is 9.69 Å². The van der Waals surface area contributed by atoms with Crippen molar-refractivity contribution in [3.8, 4) is 17.2 Å². The molecule has 0 spiro atoms. The fourth-order valence-corrected chi connectivity index (χ4v) is 3.99. The highest BCUT2D eigenvalue weighted by molar-refractivity contribution is 8.26. The maximum Gasteiger partial charge on any atom is 0.266 e. The van der Waals surface area contributed by atoms with Gasteiger partial charge in [0.05, 0.1) is 12.0 Å². The molecule has 0 unspecified atom stereocenters. The van der Waals surface area contributed by atoms with Crippen LogP contribution in [-0.4, -0.2) is 42.0 Å². The topological polar surface area (TPSA) is 48.0 Å². The van der Waals surface area contributed by atoms with E-state index in [9.17, 15) is 4.79 Å². The highest BCUT2D eigenvalue weighted by atomic mass is 32.2. The zero-order valence-corrected chi connectivity index (χ0v) is 17.3. The molecule has 0 saturated carbocycles. The van der Waals surface area contributed by atoms with Crippen LogP contribution in [0.3, 0.4) is 0 Å². The Kier molecular flexibility index (Phi) is 6.95. The van der Waals surface area contributed by atoms with Gasteiger partial charge >= 0.3 is 0 Å². The van der Waals surface area contributed by atoms with Gasteiger partial charge in [-0.2, -0.15) is 0 Å². The molecular weight excluding hydrogens is 394 g/mol. The third kappa shape index (κ3) is 5.05. The van der Waals surface area contributed by atoms with Crippen LogP contribution in [0.5, 0.6) is 17.2 Å². The number of hydrogen-bond donors (Lipinski definition) is 0. The van der Waals surface area contributed by atoms with Gasteiger partial charge in [-0.1, -0.05) is 36.1 Å². The summed E-state index contributed by atoms with van der Waals surface area (Å²) < 4.78 is 17.1. The number of methoxy groups -OCH3 is 1. The van der Waals surface area contributed by atoms with Crippen molar-refractivity contribution in [3.63, 3.8) is 0 Å². The number of thiocarbonyl (C=S) groups is 1. The van der Waals surface area contributed by atoms with E-state index in [0.29, 0.717) is 29.0 Å². The Bertz CT molecular complexity index is 880. The van der Waals surface area contributed by atoms with Crippen LogP contribution in [-0.2, 0) is 4.79 Å². The summed E-state index contributed by atoms with van der Waals surface area (Å²) in [5.74, 6) is 2.22. The smallest absolute Gasteiger partial charge is 0.266 e. The lowest BCUT2D eigenvalue weighted by Gasteiger charge is -2.10. The second kappa shape index (κ2) is 9.61. The number of carbonyl (C=O) groups is 1. The highest BCUT2D eigenvalue weighted by Crippen LogP contribution is 2.32. The summed E-state index contributed by atoms with van der Waals surface area (Å²) in [6.07, 6.45) is 1.84. The zero-order valence-electron chi connectivity index (χ0n) is 15.7. The summed E-state index contributed by atoms with van der Waals surface area (Å²) in [4.78, 5) is 14.5. The van der Waals surface area contributed by atoms with Crippen LogP contribution in [0.15, 0.2) is 53.4 Å². The number of likely N-dealkylation sites (N-methyl/N-ethyl adjacent to an activating group) is 1. The van der Waals surface area contributed by atoms with E-state index in [2.05, 4.69) is 0 Å². The molecule has 0 radical (unpaired) electrons. The van der Waals surface area contributed by atoms with Crippen LogP contribution < -0.4 is 14.2 Å². The lowest BCUT2D eigenvalue weighted by atomic mass is 10.2. The quantitative estimate of drug-likeness (QED) is 0.362. The molecule has 7 heteroatoms. The highest BCUT2D eigenvalue weighted by Gasteiger charge is 2.30. The molecule has 1 aliphatic heterocycles. The third-order valence-corrected chi connectivity index (χ3v) is 5.40. The van der Waals surface area contributed by atoms with Crippen molar-refractivity contribution in [1.82, 2.24) is 4.90 Å². The molecule has 146 valence electrons. The zero-order chi connectivity index (χ0) is 19.9. The Morgan fingerprint density at radius 3 is 2.36 bits per heavy atom. The molecule has 3 rings (SSSR count). The largest absolute Gasteiger partial charge is 0.497 e. The van der Waals surface area contributed by atoms with Gasteiger partial charge in [0.25, 0.3) is 5.91 Å². The van der Waals surface area contributed by atoms with Gasteiger partial charge < -0.3 is 14.2 Å². The minimum atomic E-state index is -0.0447. The number of carbonyl (C=O) groups excluding carboxylic acids is 1. The van der Waals surface area contributed by atoms with E-state index in [4.69, 9.17) is 26.4 Å². The van der Waals surface area contributed by atoms with Gasteiger partial charge in [0, 0.05) is 6.54 Å². The number of thioether (sulfide) groups is 1. The van der Waals surface area contributed by atoms with Gasteiger partial charge in [0.15, 0.2) is 0 Å². The lowest BCUT2D eigenvalue weighted by molar-refractivity contribution is -0.121. The van der Waals surface area contributed by atoms with Gasteiger partial charge in [-0.05, 0) is 55.0 Å². The van der Waals surface area contributed by atoms with E-state index in [1.807, 2.05) is 61.5 Å². The molecule has 1 aliphatic rings. The van der Waals surface area contributed by atoms with E-state index in [1.54, 1.807) is 12.0 Å². The summed E-state index contributed by atoms with van der Waals surface area (Å²) in [5, 5.41) is 0. The van der Waals surface area contributed by atoms with Crippen molar-refractivity contribution in [2.24, 2.45) is 0 Å². The molecule has 0 aliphatic carbocycles. The first-order chi connectivity index (χ1) is 13.6. The first-order valence-corrected chi connectivity index (χ1v) is 10.1. The van der Waals surface area contributed by atoms with Crippen LogP contribution in [0, 0.1) is 0 Å². The molecule has 1 amide bonds. The fraction of sp³-hybridized carbons (Fsp3) is 0.238. The van der Waals surface area contributed by atoms with E-state index in [0.717, 1.165) is 22.8 Å². The summed E-state index contributed by atoms with van der Waals surface area (Å²) in [6, 6.07) is 15.0. The summed E-state index contributed by atoms with van der Waals surface area (Å²) in [6.45, 7) is 3.33. The van der Waals surface area contributed by atoms with Crippen molar-refractivity contribution >= 4 is 40.3 Å². The molecule has 1 fully saturated rings. The second-order valence-corrected chi connectivity index (χ2v) is 7.55. The van der Waals surface area contributed by atoms with Crippen LogP contribution in [0.4, 0.5) is 0 Å². The van der Waals surface area contributed by atoms with Crippen molar-refractivity contribution < 1.29 is 19.0 Å². The predicted octanol–water partition coefficient (Wildman–Crippen LogP) is 4.37. The van der Waals surface area contributed by atoms with E-state index >= 15 is 0 Å². The summed E-state index contributed by atoms with van der Waals surface area (Å²) in [5.41, 5.74) is 0.894. The maximum absolute atomic E-state index is 12.3. The Morgan fingerprint density at radius 1 is 1.04 bits per heavy atom. The van der Waals surface area contributed by atoms with Crippen LogP contribution in [0.25, 0.3) is 6.08 Å². The number of benzene rings is 2. The average Bonchev–Trinajstić information content (AvgIpc) is 2.98. The molecule has 0 atom stereocenters. The lowest BCUT2D eigenvalue weighted by Crippen LogP contribution is -2.27. The number of hydrogen-bond acceptors (Lipinski definition) is 6. The minimum Gasteiger partial charge on any atom is -0.497 e. The molecular formula is C21H21NO4S2. The van der Waals surface area contributed by atoms with Crippen molar-refractivity contribution in [1.29, 1.82) is 0 Å². The molecule has 1 saturated heterocycles. The molecule has 0 aromatic heterocycles. The number of nitrogens with zero attached hydrogens (tertiary/aromatic N) is 1. The van der Waals surface area contributed by atoms with Crippen molar-refractivity contribution in [2.75, 3.05) is 26.9 Å². The molecule has 1 heterocycles. The standard InChI is InChI=1S/C21H21NO4S2/c1-3-22-20(23)19(28-21(22)27)14-15-5-4-6-18(13-15)26-12-11-25-17-9-7-16(24-2)8-10-17/h4-10,13-14H,3,11-12H2,1-2H3/b19-14-. The van der Waals surface area contributed by atoms with Crippen LogP contribution in [0.2, 0.25) is 0 Å². The normalized spacial score (nSPS) is 15.2. The monoisotopic (exact) mass is 415 g/mol. The molecule has 0 N–H and O–H groups in total. The minimum absolute atomic E-state index is 0.0447. The first kappa shape index (κ1) is 20.2. The molecule has 0 bridgehead atoms.